The Labute approximate surface area is 133 Å². The fourth-order valence-corrected chi connectivity index (χ4v) is 2.59. The van der Waals surface area contributed by atoms with Gasteiger partial charge >= 0.3 is 0 Å². The molecule has 0 radical (unpaired) electrons. The first-order chi connectivity index (χ1) is 11.1. The highest BCUT2D eigenvalue weighted by molar-refractivity contribution is 5.86. The number of halogens is 1. The van der Waals surface area contributed by atoms with Crippen LogP contribution >= 0.6 is 0 Å². The van der Waals surface area contributed by atoms with Crippen LogP contribution in [0, 0.1) is 12.7 Å². The number of hydrogen-bond acceptors (Lipinski definition) is 2. The third-order valence-electron chi connectivity index (χ3n) is 3.92. The Morgan fingerprint density at radius 3 is 2.65 bits per heavy atom. The van der Waals surface area contributed by atoms with E-state index in [0.717, 1.165) is 22.2 Å². The lowest BCUT2D eigenvalue weighted by Gasteiger charge is -2.14. The van der Waals surface area contributed by atoms with Crippen LogP contribution in [0.4, 0.5) is 4.39 Å². The minimum absolute atomic E-state index is 0.123. The number of rotatable bonds is 4. The van der Waals surface area contributed by atoms with Crippen LogP contribution in [0.15, 0.2) is 48.5 Å². The summed E-state index contributed by atoms with van der Waals surface area (Å²) in [5.41, 5.74) is 2.70. The highest BCUT2D eigenvalue weighted by Crippen LogP contribution is 2.21. The largest absolute Gasteiger partial charge is 0.350 e. The number of nitrogens with zero attached hydrogens (tertiary/aromatic N) is 2. The summed E-state index contributed by atoms with van der Waals surface area (Å²) >= 11 is 0. The Bertz CT molecular complexity index is 839. The standard InChI is InChI=1S/C18H18FN3O/c1-12-16-5-3-4-6-17(16)22(21-12)13(2)18(23)20-11-14-7-9-15(19)10-8-14/h3-10,13H,11H2,1-2H3,(H,20,23)/t13-/m1/s1. The predicted molar refractivity (Wildman–Crippen MR) is 87.4 cm³/mol. The molecule has 4 nitrogen and oxygen atoms in total. The van der Waals surface area contributed by atoms with E-state index in [2.05, 4.69) is 10.4 Å². The minimum Gasteiger partial charge on any atom is -0.350 e. The number of carbonyl (C=O) groups is 1. The molecular formula is C18H18FN3O. The van der Waals surface area contributed by atoms with Crippen molar-refractivity contribution in [3.05, 3.63) is 65.6 Å². The summed E-state index contributed by atoms with van der Waals surface area (Å²) in [6.45, 7) is 4.11. The summed E-state index contributed by atoms with van der Waals surface area (Å²) in [4.78, 5) is 12.4. The number of fused-ring (bicyclic) bond motifs is 1. The zero-order chi connectivity index (χ0) is 16.4. The quantitative estimate of drug-likeness (QED) is 0.803. The third kappa shape index (κ3) is 3.08. The maximum atomic E-state index is 12.9. The molecule has 0 aliphatic heterocycles. The van der Waals surface area contributed by atoms with Gasteiger partial charge in [0.15, 0.2) is 0 Å². The van der Waals surface area contributed by atoms with Crippen molar-refractivity contribution in [1.82, 2.24) is 15.1 Å². The van der Waals surface area contributed by atoms with Crippen LogP contribution in [0.3, 0.4) is 0 Å². The molecule has 0 spiro atoms. The SMILES string of the molecule is Cc1nn([C@H](C)C(=O)NCc2ccc(F)cc2)c2ccccc12. The van der Waals surface area contributed by atoms with E-state index in [-0.39, 0.29) is 11.7 Å². The number of carbonyl (C=O) groups excluding carboxylic acids is 1. The van der Waals surface area contributed by atoms with Crippen LogP contribution < -0.4 is 5.32 Å². The summed E-state index contributed by atoms with van der Waals surface area (Å²) in [5.74, 6) is -0.408. The highest BCUT2D eigenvalue weighted by atomic mass is 19.1. The van der Waals surface area contributed by atoms with Gasteiger partial charge in [-0.3, -0.25) is 9.48 Å². The summed E-state index contributed by atoms with van der Waals surface area (Å²) < 4.78 is 14.6. The molecule has 23 heavy (non-hydrogen) atoms. The molecule has 118 valence electrons. The molecule has 1 aromatic heterocycles. The molecule has 0 saturated heterocycles. The van der Waals surface area contributed by atoms with Gasteiger partial charge in [0, 0.05) is 11.9 Å². The summed E-state index contributed by atoms with van der Waals surface area (Å²) in [6.07, 6.45) is 0. The zero-order valence-corrected chi connectivity index (χ0v) is 13.1. The molecule has 0 unspecified atom stereocenters. The lowest BCUT2D eigenvalue weighted by atomic mass is 10.2. The van der Waals surface area contributed by atoms with Crippen LogP contribution in [0.1, 0.15) is 24.2 Å². The normalized spacial score (nSPS) is 12.3. The van der Waals surface area contributed by atoms with Crippen LogP contribution in [0.5, 0.6) is 0 Å². The first-order valence-electron chi connectivity index (χ1n) is 7.52. The van der Waals surface area contributed by atoms with Crippen LogP contribution in [0.2, 0.25) is 0 Å². The fraction of sp³-hybridized carbons (Fsp3) is 0.222. The molecule has 0 fully saturated rings. The van der Waals surface area contributed by atoms with E-state index in [1.165, 1.54) is 12.1 Å². The smallest absolute Gasteiger partial charge is 0.244 e. The monoisotopic (exact) mass is 311 g/mol. The van der Waals surface area contributed by atoms with Crippen LogP contribution in [0.25, 0.3) is 10.9 Å². The Morgan fingerprint density at radius 2 is 1.91 bits per heavy atom. The molecule has 1 N–H and O–H groups in total. The van der Waals surface area contributed by atoms with Gasteiger partial charge in [0.2, 0.25) is 5.91 Å². The van der Waals surface area contributed by atoms with E-state index in [9.17, 15) is 9.18 Å². The van der Waals surface area contributed by atoms with E-state index < -0.39 is 6.04 Å². The van der Waals surface area contributed by atoms with Crippen LogP contribution in [-0.2, 0) is 11.3 Å². The molecule has 1 heterocycles. The van der Waals surface area contributed by atoms with E-state index in [4.69, 9.17) is 0 Å². The number of benzene rings is 2. The van der Waals surface area contributed by atoms with E-state index in [1.807, 2.05) is 38.1 Å². The van der Waals surface area contributed by atoms with Crippen molar-refractivity contribution in [2.45, 2.75) is 26.4 Å². The van der Waals surface area contributed by atoms with Crippen molar-refractivity contribution in [2.24, 2.45) is 0 Å². The molecule has 0 aliphatic carbocycles. The number of para-hydroxylation sites is 1. The lowest BCUT2D eigenvalue weighted by molar-refractivity contribution is -0.124. The van der Waals surface area contributed by atoms with Crippen molar-refractivity contribution in [3.8, 4) is 0 Å². The molecule has 3 rings (SSSR count). The van der Waals surface area contributed by atoms with Gasteiger partial charge in [0.1, 0.15) is 11.9 Å². The van der Waals surface area contributed by atoms with Crippen molar-refractivity contribution >= 4 is 16.8 Å². The number of aromatic nitrogens is 2. The molecular weight excluding hydrogens is 293 g/mol. The van der Waals surface area contributed by atoms with E-state index >= 15 is 0 Å². The number of nitrogens with one attached hydrogen (secondary N) is 1. The Kier molecular flexibility index (Phi) is 4.10. The van der Waals surface area contributed by atoms with Gasteiger partial charge in [-0.05, 0) is 37.6 Å². The maximum absolute atomic E-state index is 12.9. The average Bonchev–Trinajstić information content (AvgIpc) is 2.91. The van der Waals surface area contributed by atoms with E-state index in [0.29, 0.717) is 6.54 Å². The van der Waals surface area contributed by atoms with Crippen molar-refractivity contribution in [1.29, 1.82) is 0 Å². The van der Waals surface area contributed by atoms with E-state index in [1.54, 1.807) is 16.8 Å². The molecule has 0 aliphatic rings. The molecule has 2 aromatic carbocycles. The van der Waals surface area contributed by atoms with Gasteiger partial charge in [0.05, 0.1) is 11.2 Å². The molecule has 0 saturated carbocycles. The number of amides is 1. The first-order valence-corrected chi connectivity index (χ1v) is 7.52. The molecule has 1 atom stereocenters. The van der Waals surface area contributed by atoms with Crippen molar-refractivity contribution < 1.29 is 9.18 Å². The molecule has 3 aromatic rings. The average molecular weight is 311 g/mol. The van der Waals surface area contributed by atoms with Crippen molar-refractivity contribution in [3.63, 3.8) is 0 Å². The number of aryl methyl sites for hydroxylation is 1. The second kappa shape index (κ2) is 6.20. The van der Waals surface area contributed by atoms with Gasteiger partial charge in [-0.15, -0.1) is 0 Å². The first kappa shape index (κ1) is 15.2. The molecule has 5 heteroatoms. The molecule has 0 bridgehead atoms. The summed E-state index contributed by atoms with van der Waals surface area (Å²) in [6, 6.07) is 13.5. The van der Waals surface area contributed by atoms with Crippen LogP contribution in [-0.4, -0.2) is 15.7 Å². The van der Waals surface area contributed by atoms with Gasteiger partial charge in [-0.1, -0.05) is 30.3 Å². The Balaban J connectivity index is 1.75. The summed E-state index contributed by atoms with van der Waals surface area (Å²) in [7, 11) is 0. The molecule has 1 amide bonds. The summed E-state index contributed by atoms with van der Waals surface area (Å²) in [5, 5.41) is 8.40. The fourth-order valence-electron chi connectivity index (χ4n) is 2.59. The highest BCUT2D eigenvalue weighted by Gasteiger charge is 2.18. The maximum Gasteiger partial charge on any atom is 0.244 e. The minimum atomic E-state index is -0.422. The second-order valence-corrected chi connectivity index (χ2v) is 5.57. The third-order valence-corrected chi connectivity index (χ3v) is 3.92. The van der Waals surface area contributed by atoms with Gasteiger partial charge < -0.3 is 5.32 Å². The Hall–Kier alpha value is -2.69. The zero-order valence-electron chi connectivity index (χ0n) is 13.1. The number of hydrogen-bond donors (Lipinski definition) is 1. The van der Waals surface area contributed by atoms with Gasteiger partial charge in [-0.2, -0.15) is 5.10 Å². The van der Waals surface area contributed by atoms with Gasteiger partial charge in [0.25, 0.3) is 0 Å². The lowest BCUT2D eigenvalue weighted by Crippen LogP contribution is -2.31. The topological polar surface area (TPSA) is 46.9 Å². The van der Waals surface area contributed by atoms with Crippen molar-refractivity contribution in [2.75, 3.05) is 0 Å². The predicted octanol–water partition coefficient (Wildman–Crippen LogP) is 3.36. The Morgan fingerprint density at radius 1 is 1.22 bits per heavy atom. The second-order valence-electron chi connectivity index (χ2n) is 5.57. The van der Waals surface area contributed by atoms with Gasteiger partial charge in [-0.25, -0.2) is 4.39 Å².